The summed E-state index contributed by atoms with van der Waals surface area (Å²) in [5.74, 6) is -3.19. The molecule has 2 atom stereocenters. The summed E-state index contributed by atoms with van der Waals surface area (Å²) in [5, 5.41) is 37.5. The number of nitrogen functional groups attached to an aromatic ring is 1. The fourth-order valence-corrected chi connectivity index (χ4v) is 6.36. The molecule has 0 spiro atoms. The van der Waals surface area contributed by atoms with Gasteiger partial charge < -0.3 is 26.1 Å². The van der Waals surface area contributed by atoms with Crippen molar-refractivity contribution in [2.24, 2.45) is 5.16 Å². The number of aliphatic carboxylic acids is 2. The van der Waals surface area contributed by atoms with Crippen molar-refractivity contribution in [3.63, 3.8) is 0 Å². The molecule has 4 heterocycles. The number of carboxylic acids is 2. The zero-order chi connectivity index (χ0) is 27.4. The number of hydrogen-bond acceptors (Lipinski definition) is 14. The molecule has 2 aromatic heterocycles. The Hall–Kier alpha value is -3.97. The van der Waals surface area contributed by atoms with Crippen LogP contribution in [-0.4, -0.2) is 99.8 Å². The summed E-state index contributed by atoms with van der Waals surface area (Å²) in [6.07, 6.45) is 2.54. The molecule has 2 amide bonds. The Kier molecular flexibility index (Phi) is 8.27. The third-order valence-corrected chi connectivity index (χ3v) is 8.11. The molecule has 1 fully saturated rings. The van der Waals surface area contributed by atoms with Gasteiger partial charge in [-0.1, -0.05) is 23.0 Å². The minimum atomic E-state index is -1.29. The number of tetrazole rings is 1. The average Bonchev–Trinajstić information content (AvgIpc) is 3.51. The van der Waals surface area contributed by atoms with Crippen LogP contribution in [0.1, 0.15) is 12.1 Å². The Balaban J connectivity index is 1.46. The third-order valence-electron chi connectivity index (χ3n) is 5.08. The van der Waals surface area contributed by atoms with Crippen molar-refractivity contribution < 1.29 is 34.2 Å². The lowest BCUT2D eigenvalue weighted by molar-refractivity contribution is -0.150. The molecule has 2 aromatic rings. The number of rotatable bonds is 11. The maximum Gasteiger partial charge on any atom is 0.352 e. The summed E-state index contributed by atoms with van der Waals surface area (Å²) in [4.78, 5) is 58.5. The lowest BCUT2D eigenvalue weighted by Crippen LogP contribution is -2.71. The van der Waals surface area contributed by atoms with Crippen molar-refractivity contribution in [3.05, 3.63) is 28.4 Å². The molecule has 5 N–H and O–H groups in total. The van der Waals surface area contributed by atoms with Crippen LogP contribution in [0.2, 0.25) is 0 Å². The fourth-order valence-electron chi connectivity index (χ4n) is 3.48. The van der Waals surface area contributed by atoms with Crippen LogP contribution in [0.3, 0.4) is 0 Å². The first-order valence-corrected chi connectivity index (χ1v) is 13.4. The van der Waals surface area contributed by atoms with Crippen LogP contribution in [0.4, 0.5) is 5.13 Å². The second-order valence-electron chi connectivity index (χ2n) is 7.49. The predicted molar refractivity (Wildman–Crippen MR) is 136 cm³/mol. The van der Waals surface area contributed by atoms with E-state index in [9.17, 15) is 24.3 Å². The van der Waals surface area contributed by atoms with Crippen LogP contribution in [0.5, 0.6) is 0 Å². The molecule has 0 aliphatic carbocycles. The third kappa shape index (κ3) is 5.63. The van der Waals surface area contributed by atoms with Crippen LogP contribution >= 0.6 is 34.9 Å². The molecule has 0 radical (unpaired) electrons. The molecule has 0 bridgehead atoms. The molecule has 19 heteroatoms. The van der Waals surface area contributed by atoms with Gasteiger partial charge in [0.1, 0.15) is 29.9 Å². The van der Waals surface area contributed by atoms with E-state index in [1.54, 1.807) is 0 Å². The van der Waals surface area contributed by atoms with Gasteiger partial charge in [0.05, 0.1) is 6.42 Å². The predicted octanol–water partition coefficient (Wildman–Crippen LogP) is -0.461. The van der Waals surface area contributed by atoms with Gasteiger partial charge in [-0.3, -0.25) is 19.3 Å². The smallest absolute Gasteiger partial charge is 0.352 e. The quantitative estimate of drug-likeness (QED) is 0.114. The maximum absolute atomic E-state index is 13.0. The number of amides is 2. The van der Waals surface area contributed by atoms with Gasteiger partial charge in [-0.25, -0.2) is 9.78 Å². The SMILES string of the molecule is CON=C(C(=O)NC1C(=O)N2C(C(=O)O)=C(CSc3nnnn3C=CCC(=O)O)CS[C@H]12)c1csc(N)n1. The number of carboxylic acid groups (broad SMARTS) is 2. The van der Waals surface area contributed by atoms with Crippen molar-refractivity contribution in [3.8, 4) is 0 Å². The van der Waals surface area contributed by atoms with E-state index in [2.05, 4.69) is 31.0 Å². The zero-order valence-corrected chi connectivity index (χ0v) is 21.8. The van der Waals surface area contributed by atoms with Crippen LogP contribution in [0.15, 0.2) is 33.0 Å². The molecule has 38 heavy (non-hydrogen) atoms. The van der Waals surface area contributed by atoms with Crippen molar-refractivity contribution >= 4 is 75.7 Å². The van der Waals surface area contributed by atoms with E-state index < -0.39 is 35.2 Å². The number of nitrogens with two attached hydrogens (primary N) is 1. The van der Waals surface area contributed by atoms with E-state index in [0.29, 0.717) is 10.7 Å². The highest BCUT2D eigenvalue weighted by atomic mass is 32.2. The number of β-lactam (4-membered cyclic amide) rings is 1. The largest absolute Gasteiger partial charge is 0.481 e. The van der Waals surface area contributed by atoms with Gasteiger partial charge in [-0.15, -0.1) is 28.2 Å². The van der Waals surface area contributed by atoms with Gasteiger partial charge in [0.2, 0.25) is 5.16 Å². The van der Waals surface area contributed by atoms with Crippen molar-refractivity contribution in [1.82, 2.24) is 35.4 Å². The number of nitrogens with one attached hydrogen (secondary N) is 1. The topological polar surface area (TPSA) is 228 Å². The van der Waals surface area contributed by atoms with Crippen LogP contribution in [-0.2, 0) is 24.0 Å². The summed E-state index contributed by atoms with van der Waals surface area (Å²) in [7, 11) is 1.25. The van der Waals surface area contributed by atoms with E-state index in [-0.39, 0.29) is 40.2 Å². The highest BCUT2D eigenvalue weighted by Crippen LogP contribution is 2.41. The van der Waals surface area contributed by atoms with Crippen LogP contribution < -0.4 is 11.1 Å². The number of carbonyl (C=O) groups is 4. The molecule has 4 rings (SSSR count). The number of oxime groups is 1. The summed E-state index contributed by atoms with van der Waals surface area (Å²) < 4.78 is 1.27. The average molecular weight is 582 g/mol. The molecule has 2 aliphatic heterocycles. The lowest BCUT2D eigenvalue weighted by atomic mass is 10.0. The zero-order valence-electron chi connectivity index (χ0n) is 19.4. The van der Waals surface area contributed by atoms with Gasteiger partial charge in [0, 0.05) is 23.1 Å². The number of thioether (sulfide) groups is 2. The van der Waals surface area contributed by atoms with Crippen molar-refractivity contribution in [2.75, 3.05) is 24.3 Å². The van der Waals surface area contributed by atoms with Crippen LogP contribution in [0, 0.1) is 0 Å². The van der Waals surface area contributed by atoms with E-state index in [4.69, 9.17) is 15.7 Å². The first-order chi connectivity index (χ1) is 18.2. The minimum absolute atomic E-state index is 0.158. The summed E-state index contributed by atoms with van der Waals surface area (Å²) in [5.41, 5.74) is 5.93. The second kappa shape index (κ2) is 11.6. The Labute approximate surface area is 226 Å². The highest BCUT2D eigenvalue weighted by Gasteiger charge is 2.54. The van der Waals surface area contributed by atoms with E-state index in [0.717, 1.165) is 28.0 Å². The van der Waals surface area contributed by atoms with E-state index in [1.807, 2.05) is 0 Å². The Morgan fingerprint density at radius 1 is 1.39 bits per heavy atom. The number of fused-ring (bicyclic) bond motifs is 1. The highest BCUT2D eigenvalue weighted by molar-refractivity contribution is 8.01. The molecule has 2 aliphatic rings. The Morgan fingerprint density at radius 3 is 2.84 bits per heavy atom. The number of carbonyl (C=O) groups excluding carboxylic acids is 2. The molecular formula is C19H19N9O7S3. The number of thiazole rings is 1. The summed E-state index contributed by atoms with van der Waals surface area (Å²) >= 11 is 3.53. The van der Waals surface area contributed by atoms with Gasteiger partial charge in [0.25, 0.3) is 11.8 Å². The molecule has 1 unspecified atom stereocenters. The van der Waals surface area contributed by atoms with Gasteiger partial charge in [-0.05, 0) is 16.0 Å². The lowest BCUT2D eigenvalue weighted by Gasteiger charge is -2.49. The fraction of sp³-hybridized carbons (Fsp3) is 0.316. The number of hydrogen-bond donors (Lipinski definition) is 4. The standard InChI is InChI=1S/C19H19N9O7S3/c1-35-24-11(9-7-37-18(20)21-9)14(31)22-12-15(32)28-13(17(33)34)8(5-36-16(12)28)6-38-19-23-25-26-27(19)4-2-3-10(29)30/h2,4,7,12,16H,3,5-6H2,1H3,(H2,20,21)(H,22,31)(H,29,30)(H,33,34)/t12?,16-/m1/s1. The second-order valence-corrected chi connectivity index (χ2v) is 10.4. The van der Waals surface area contributed by atoms with Crippen molar-refractivity contribution in [1.29, 1.82) is 0 Å². The van der Waals surface area contributed by atoms with E-state index >= 15 is 0 Å². The Morgan fingerprint density at radius 2 is 2.18 bits per heavy atom. The monoisotopic (exact) mass is 581 g/mol. The minimum Gasteiger partial charge on any atom is -0.481 e. The summed E-state index contributed by atoms with van der Waals surface area (Å²) in [6.45, 7) is 0. The Bertz CT molecular complexity index is 1370. The molecule has 1 saturated heterocycles. The normalized spacial score (nSPS) is 19.3. The van der Waals surface area contributed by atoms with Gasteiger partial charge >= 0.3 is 11.9 Å². The molecule has 200 valence electrons. The maximum atomic E-state index is 13.0. The first kappa shape index (κ1) is 27.1. The van der Waals surface area contributed by atoms with Gasteiger partial charge in [0.15, 0.2) is 10.8 Å². The van der Waals surface area contributed by atoms with E-state index in [1.165, 1.54) is 41.2 Å². The van der Waals surface area contributed by atoms with Crippen LogP contribution in [0.25, 0.3) is 6.20 Å². The molecule has 0 aromatic carbocycles. The molecular weight excluding hydrogens is 562 g/mol. The number of anilines is 1. The number of aromatic nitrogens is 5. The van der Waals surface area contributed by atoms with Gasteiger partial charge in [-0.2, -0.15) is 4.68 Å². The first-order valence-electron chi connectivity index (χ1n) is 10.5. The molecule has 16 nitrogen and oxygen atoms in total. The van der Waals surface area contributed by atoms with Crippen molar-refractivity contribution in [2.45, 2.75) is 23.0 Å². The molecule has 0 saturated carbocycles. The summed E-state index contributed by atoms with van der Waals surface area (Å²) in [6, 6.07) is -0.985. The number of nitrogens with zero attached hydrogens (tertiary/aromatic N) is 7.